The Morgan fingerprint density at radius 3 is 2.22 bits per heavy atom. The maximum absolute atomic E-state index is 10.8. The van der Waals surface area contributed by atoms with Crippen molar-refractivity contribution in [1.29, 1.82) is 0 Å². The Kier molecular flexibility index (Phi) is 5.16. The number of nitrogens with zero attached hydrogens (tertiary/aromatic N) is 1. The van der Waals surface area contributed by atoms with Crippen molar-refractivity contribution in [3.8, 4) is 0 Å². The SMILES string of the molecule is Cl.O=Cc1ccc(N2CCC(C(=O)O)CC2)cc1. The largest absolute Gasteiger partial charge is 0.481 e. The lowest BCUT2D eigenvalue weighted by molar-refractivity contribution is -0.142. The molecule has 98 valence electrons. The number of aldehydes is 1. The molecule has 4 nitrogen and oxygen atoms in total. The van der Waals surface area contributed by atoms with Gasteiger partial charge in [-0.15, -0.1) is 12.4 Å². The van der Waals surface area contributed by atoms with Crippen LogP contribution in [-0.2, 0) is 4.79 Å². The van der Waals surface area contributed by atoms with Crippen LogP contribution in [0.15, 0.2) is 24.3 Å². The van der Waals surface area contributed by atoms with Gasteiger partial charge >= 0.3 is 5.97 Å². The van der Waals surface area contributed by atoms with E-state index in [1.54, 1.807) is 12.1 Å². The van der Waals surface area contributed by atoms with Crippen LogP contribution in [0.4, 0.5) is 5.69 Å². The van der Waals surface area contributed by atoms with Crippen LogP contribution in [-0.4, -0.2) is 30.5 Å². The third-order valence-electron chi connectivity index (χ3n) is 3.24. The fourth-order valence-corrected chi connectivity index (χ4v) is 2.15. The van der Waals surface area contributed by atoms with Crippen molar-refractivity contribution < 1.29 is 14.7 Å². The monoisotopic (exact) mass is 269 g/mol. The molecule has 18 heavy (non-hydrogen) atoms. The van der Waals surface area contributed by atoms with E-state index in [2.05, 4.69) is 4.90 Å². The van der Waals surface area contributed by atoms with Crippen molar-refractivity contribution in [2.75, 3.05) is 18.0 Å². The zero-order chi connectivity index (χ0) is 12.3. The van der Waals surface area contributed by atoms with E-state index in [4.69, 9.17) is 5.11 Å². The van der Waals surface area contributed by atoms with Crippen LogP contribution in [0.3, 0.4) is 0 Å². The predicted octanol–water partition coefficient (Wildman–Crippen LogP) is 2.22. The number of aliphatic carboxylic acids is 1. The van der Waals surface area contributed by atoms with Crippen molar-refractivity contribution in [2.24, 2.45) is 5.92 Å². The first-order valence-electron chi connectivity index (χ1n) is 5.73. The summed E-state index contributed by atoms with van der Waals surface area (Å²) in [5.74, 6) is -0.901. The number of anilines is 1. The van der Waals surface area contributed by atoms with Crippen molar-refractivity contribution in [3.05, 3.63) is 29.8 Å². The van der Waals surface area contributed by atoms with Gasteiger partial charge in [0.25, 0.3) is 0 Å². The molecule has 0 atom stereocenters. The summed E-state index contributed by atoms with van der Waals surface area (Å²) in [7, 11) is 0. The number of carboxylic acids is 1. The van der Waals surface area contributed by atoms with E-state index in [0.29, 0.717) is 18.4 Å². The van der Waals surface area contributed by atoms with Crippen LogP contribution >= 0.6 is 12.4 Å². The van der Waals surface area contributed by atoms with Crippen LogP contribution in [0.25, 0.3) is 0 Å². The fourth-order valence-electron chi connectivity index (χ4n) is 2.15. The van der Waals surface area contributed by atoms with E-state index in [0.717, 1.165) is 25.1 Å². The smallest absolute Gasteiger partial charge is 0.306 e. The van der Waals surface area contributed by atoms with Gasteiger partial charge in [0, 0.05) is 24.3 Å². The third kappa shape index (κ3) is 3.23. The highest BCUT2D eigenvalue weighted by Crippen LogP contribution is 2.23. The molecule has 0 aromatic heterocycles. The third-order valence-corrected chi connectivity index (χ3v) is 3.24. The van der Waals surface area contributed by atoms with Gasteiger partial charge in [-0.1, -0.05) is 0 Å². The van der Waals surface area contributed by atoms with E-state index < -0.39 is 5.97 Å². The second kappa shape index (κ2) is 6.40. The molecule has 1 N–H and O–H groups in total. The molecule has 0 saturated carbocycles. The number of carbonyl (C=O) groups excluding carboxylic acids is 1. The number of piperidine rings is 1. The highest BCUT2D eigenvalue weighted by atomic mass is 35.5. The van der Waals surface area contributed by atoms with E-state index in [-0.39, 0.29) is 18.3 Å². The predicted molar refractivity (Wildman–Crippen MR) is 71.7 cm³/mol. The van der Waals surface area contributed by atoms with Crippen LogP contribution in [0, 0.1) is 5.92 Å². The summed E-state index contributed by atoms with van der Waals surface area (Å²) in [6, 6.07) is 7.38. The van der Waals surface area contributed by atoms with Gasteiger partial charge in [0.1, 0.15) is 6.29 Å². The Hall–Kier alpha value is -1.55. The summed E-state index contributed by atoms with van der Waals surface area (Å²) in [6.07, 6.45) is 2.19. The number of carboxylic acid groups (broad SMARTS) is 1. The van der Waals surface area contributed by atoms with Gasteiger partial charge in [-0.2, -0.15) is 0 Å². The summed E-state index contributed by atoms with van der Waals surface area (Å²) in [5, 5.41) is 8.91. The minimum atomic E-state index is -0.694. The molecule has 2 rings (SSSR count). The maximum atomic E-state index is 10.8. The highest BCUT2D eigenvalue weighted by Gasteiger charge is 2.24. The van der Waals surface area contributed by atoms with Gasteiger partial charge < -0.3 is 10.0 Å². The number of carbonyl (C=O) groups is 2. The lowest BCUT2D eigenvalue weighted by atomic mass is 9.97. The van der Waals surface area contributed by atoms with Crippen molar-refractivity contribution in [1.82, 2.24) is 0 Å². The average Bonchev–Trinajstić information content (AvgIpc) is 2.39. The Balaban J connectivity index is 0.00000162. The second-order valence-corrected chi connectivity index (χ2v) is 4.31. The number of benzene rings is 1. The average molecular weight is 270 g/mol. The zero-order valence-electron chi connectivity index (χ0n) is 9.91. The number of hydrogen-bond acceptors (Lipinski definition) is 3. The summed E-state index contributed by atoms with van der Waals surface area (Å²) < 4.78 is 0. The molecule has 0 spiro atoms. The molecule has 1 heterocycles. The van der Waals surface area contributed by atoms with Crippen molar-refractivity contribution in [3.63, 3.8) is 0 Å². The van der Waals surface area contributed by atoms with Crippen LogP contribution in [0.5, 0.6) is 0 Å². The summed E-state index contributed by atoms with van der Waals surface area (Å²) in [4.78, 5) is 23.5. The minimum Gasteiger partial charge on any atom is -0.481 e. The standard InChI is InChI=1S/C13H15NO3.ClH/c15-9-10-1-3-12(4-2-10)14-7-5-11(6-8-14)13(16)17;/h1-4,9,11H,5-8H2,(H,16,17);1H. The Morgan fingerprint density at radius 1 is 1.22 bits per heavy atom. The quantitative estimate of drug-likeness (QED) is 0.855. The molecular formula is C13H16ClNO3. The first-order valence-corrected chi connectivity index (χ1v) is 5.73. The van der Waals surface area contributed by atoms with E-state index >= 15 is 0 Å². The minimum absolute atomic E-state index is 0. The number of hydrogen-bond donors (Lipinski definition) is 1. The van der Waals surface area contributed by atoms with Gasteiger partial charge in [-0.3, -0.25) is 9.59 Å². The molecule has 0 amide bonds. The zero-order valence-corrected chi connectivity index (χ0v) is 10.7. The van der Waals surface area contributed by atoms with Crippen LogP contribution in [0.1, 0.15) is 23.2 Å². The Labute approximate surface area is 112 Å². The number of halogens is 1. The van der Waals surface area contributed by atoms with Crippen molar-refractivity contribution in [2.45, 2.75) is 12.8 Å². The Morgan fingerprint density at radius 2 is 1.78 bits per heavy atom. The molecule has 1 aromatic rings. The Bertz CT molecular complexity index is 411. The van der Waals surface area contributed by atoms with E-state index in [1.807, 2.05) is 12.1 Å². The van der Waals surface area contributed by atoms with Crippen LogP contribution in [0.2, 0.25) is 0 Å². The summed E-state index contributed by atoms with van der Waals surface area (Å²) >= 11 is 0. The molecule has 0 aliphatic carbocycles. The summed E-state index contributed by atoms with van der Waals surface area (Å²) in [5.41, 5.74) is 1.72. The highest BCUT2D eigenvalue weighted by molar-refractivity contribution is 5.85. The normalized spacial score (nSPS) is 15.9. The lowest BCUT2D eigenvalue weighted by Gasteiger charge is -2.31. The first kappa shape index (κ1) is 14.5. The van der Waals surface area contributed by atoms with Crippen molar-refractivity contribution >= 4 is 30.3 Å². The van der Waals surface area contributed by atoms with Gasteiger partial charge in [0.15, 0.2) is 0 Å². The fraction of sp³-hybridized carbons (Fsp3) is 0.385. The number of rotatable bonds is 3. The molecular weight excluding hydrogens is 254 g/mol. The van der Waals surface area contributed by atoms with E-state index in [9.17, 15) is 9.59 Å². The van der Waals surface area contributed by atoms with Gasteiger partial charge in [-0.25, -0.2) is 0 Å². The van der Waals surface area contributed by atoms with Crippen LogP contribution < -0.4 is 4.90 Å². The van der Waals surface area contributed by atoms with Gasteiger partial charge in [0.05, 0.1) is 5.92 Å². The molecule has 1 saturated heterocycles. The molecule has 5 heteroatoms. The molecule has 1 fully saturated rings. The molecule has 1 aromatic carbocycles. The summed E-state index contributed by atoms with van der Waals surface area (Å²) in [6.45, 7) is 1.52. The molecule has 1 aliphatic rings. The molecule has 0 unspecified atom stereocenters. The van der Waals surface area contributed by atoms with Gasteiger partial charge in [-0.05, 0) is 37.1 Å². The topological polar surface area (TPSA) is 57.6 Å². The lowest BCUT2D eigenvalue weighted by Crippen LogP contribution is -2.36. The molecule has 1 aliphatic heterocycles. The molecule has 0 radical (unpaired) electrons. The second-order valence-electron chi connectivity index (χ2n) is 4.31. The maximum Gasteiger partial charge on any atom is 0.306 e. The van der Waals surface area contributed by atoms with E-state index in [1.165, 1.54) is 0 Å². The van der Waals surface area contributed by atoms with Gasteiger partial charge in [0.2, 0.25) is 0 Å². The first-order chi connectivity index (χ1) is 8.20. The molecule has 0 bridgehead atoms.